The van der Waals surface area contributed by atoms with Gasteiger partial charge >= 0.3 is 0 Å². The van der Waals surface area contributed by atoms with Crippen LogP contribution >= 0.6 is 0 Å². The number of aromatic nitrogens is 2. The Morgan fingerprint density at radius 3 is 2.48 bits per heavy atom. The van der Waals surface area contributed by atoms with E-state index in [9.17, 15) is 5.11 Å². The summed E-state index contributed by atoms with van der Waals surface area (Å²) in [5.41, 5.74) is 6.05. The van der Waals surface area contributed by atoms with Crippen molar-refractivity contribution in [3.05, 3.63) is 65.0 Å². The Morgan fingerprint density at radius 1 is 1.09 bits per heavy atom. The second kappa shape index (κ2) is 6.55. The van der Waals surface area contributed by atoms with Gasteiger partial charge in [-0.1, -0.05) is 30.3 Å². The molecule has 3 rings (SSSR count). The first kappa shape index (κ1) is 15.8. The van der Waals surface area contributed by atoms with Gasteiger partial charge in [0.05, 0.1) is 17.1 Å². The molecular weight excluding hydrogens is 284 g/mol. The van der Waals surface area contributed by atoms with Crippen LogP contribution in [-0.2, 0) is 6.42 Å². The van der Waals surface area contributed by atoms with Crippen molar-refractivity contribution in [2.45, 2.75) is 39.7 Å². The average Bonchev–Trinajstić information content (AvgIpc) is 2.90. The van der Waals surface area contributed by atoms with Crippen molar-refractivity contribution in [2.24, 2.45) is 0 Å². The Labute approximate surface area is 137 Å². The lowest BCUT2D eigenvalue weighted by Crippen LogP contribution is -2.11. The molecule has 0 saturated heterocycles. The predicted molar refractivity (Wildman–Crippen MR) is 94.9 cm³/mol. The highest BCUT2D eigenvalue weighted by Crippen LogP contribution is 2.28. The minimum atomic E-state index is 0.195. The number of hydrogen-bond donors (Lipinski definition) is 1. The zero-order chi connectivity index (χ0) is 16.4. The molecule has 1 heterocycles. The van der Waals surface area contributed by atoms with E-state index in [0.29, 0.717) is 0 Å². The van der Waals surface area contributed by atoms with E-state index in [4.69, 9.17) is 4.98 Å². The molecule has 0 fully saturated rings. The van der Waals surface area contributed by atoms with Gasteiger partial charge in [0.25, 0.3) is 0 Å². The van der Waals surface area contributed by atoms with Gasteiger partial charge in [-0.25, -0.2) is 4.98 Å². The van der Waals surface area contributed by atoms with Crippen molar-refractivity contribution in [2.75, 3.05) is 6.61 Å². The van der Waals surface area contributed by atoms with E-state index in [1.165, 1.54) is 22.2 Å². The molecule has 1 unspecified atom stereocenters. The highest BCUT2D eigenvalue weighted by Gasteiger charge is 2.17. The van der Waals surface area contributed by atoms with E-state index in [-0.39, 0.29) is 12.6 Å². The number of aliphatic hydroxyl groups excluding tert-OH is 1. The molecule has 0 aliphatic rings. The minimum absolute atomic E-state index is 0.195. The minimum Gasteiger partial charge on any atom is -0.396 e. The molecule has 3 heteroatoms. The highest BCUT2D eigenvalue weighted by atomic mass is 16.2. The van der Waals surface area contributed by atoms with Crippen molar-refractivity contribution in [3.8, 4) is 0 Å². The predicted octanol–water partition coefficient (Wildman–Crippen LogP) is 4.19. The maximum atomic E-state index is 9.20. The standard InChI is InChI=1S/C20H24N2O/c1-14-12-18-19(13-15(14)2)22(20(21-18)10-7-11-23)16(3)17-8-5-4-6-9-17/h4-6,8-9,12-13,16,23H,7,10-11H2,1-3H3. The fraction of sp³-hybridized carbons (Fsp3) is 0.350. The Morgan fingerprint density at radius 2 is 1.78 bits per heavy atom. The van der Waals surface area contributed by atoms with Gasteiger partial charge in [0.2, 0.25) is 0 Å². The summed E-state index contributed by atoms with van der Waals surface area (Å²) in [6.07, 6.45) is 1.53. The fourth-order valence-corrected chi connectivity index (χ4v) is 3.13. The molecular formula is C20H24N2O. The van der Waals surface area contributed by atoms with E-state index in [1.54, 1.807) is 0 Å². The largest absolute Gasteiger partial charge is 0.396 e. The van der Waals surface area contributed by atoms with Crippen LogP contribution in [0, 0.1) is 13.8 Å². The fourth-order valence-electron chi connectivity index (χ4n) is 3.13. The van der Waals surface area contributed by atoms with Gasteiger partial charge in [-0.2, -0.15) is 0 Å². The van der Waals surface area contributed by atoms with Crippen LogP contribution in [0.3, 0.4) is 0 Å². The van der Waals surface area contributed by atoms with Crippen LogP contribution in [0.2, 0.25) is 0 Å². The van der Waals surface area contributed by atoms with Crippen LogP contribution in [-0.4, -0.2) is 21.3 Å². The van der Waals surface area contributed by atoms with Crippen molar-refractivity contribution in [1.29, 1.82) is 0 Å². The smallest absolute Gasteiger partial charge is 0.110 e. The number of benzene rings is 2. The normalized spacial score (nSPS) is 12.7. The third-order valence-corrected chi connectivity index (χ3v) is 4.61. The summed E-state index contributed by atoms with van der Waals surface area (Å²) in [4.78, 5) is 4.85. The molecule has 1 aromatic heterocycles. The molecule has 3 aromatic rings. The maximum Gasteiger partial charge on any atom is 0.110 e. The zero-order valence-corrected chi connectivity index (χ0v) is 14.1. The van der Waals surface area contributed by atoms with Gasteiger partial charge in [0.15, 0.2) is 0 Å². The topological polar surface area (TPSA) is 38.1 Å². The molecule has 0 saturated carbocycles. The van der Waals surface area contributed by atoms with Crippen molar-refractivity contribution >= 4 is 11.0 Å². The van der Waals surface area contributed by atoms with E-state index >= 15 is 0 Å². The molecule has 120 valence electrons. The summed E-state index contributed by atoms with van der Waals surface area (Å²) in [7, 11) is 0. The Bertz CT molecular complexity index is 805. The summed E-state index contributed by atoms with van der Waals surface area (Å²) in [6.45, 7) is 6.68. The van der Waals surface area contributed by atoms with Crippen LogP contribution in [0.5, 0.6) is 0 Å². The Balaban J connectivity index is 2.17. The molecule has 2 aromatic carbocycles. The van der Waals surface area contributed by atoms with Gasteiger partial charge < -0.3 is 9.67 Å². The zero-order valence-electron chi connectivity index (χ0n) is 14.1. The lowest BCUT2D eigenvalue weighted by atomic mass is 10.1. The van der Waals surface area contributed by atoms with Crippen molar-refractivity contribution in [1.82, 2.24) is 9.55 Å². The average molecular weight is 308 g/mol. The lowest BCUT2D eigenvalue weighted by Gasteiger charge is -2.18. The first-order valence-corrected chi connectivity index (χ1v) is 8.25. The first-order valence-electron chi connectivity index (χ1n) is 8.25. The molecule has 0 spiro atoms. The number of nitrogens with zero attached hydrogens (tertiary/aromatic N) is 2. The third-order valence-electron chi connectivity index (χ3n) is 4.61. The molecule has 1 atom stereocenters. The van der Waals surface area contributed by atoms with Gasteiger partial charge in [-0.05, 0) is 56.0 Å². The Kier molecular flexibility index (Phi) is 4.49. The van der Waals surface area contributed by atoms with E-state index in [2.05, 4.69) is 61.7 Å². The third kappa shape index (κ3) is 3.02. The second-order valence-electron chi connectivity index (χ2n) is 6.24. The maximum absolute atomic E-state index is 9.20. The molecule has 0 bridgehead atoms. The van der Waals surface area contributed by atoms with Gasteiger partial charge in [0.1, 0.15) is 5.82 Å². The number of rotatable bonds is 5. The van der Waals surface area contributed by atoms with Gasteiger partial charge in [-0.3, -0.25) is 0 Å². The van der Waals surface area contributed by atoms with Gasteiger partial charge in [-0.15, -0.1) is 0 Å². The summed E-state index contributed by atoms with van der Waals surface area (Å²) >= 11 is 0. The van der Waals surface area contributed by atoms with E-state index < -0.39 is 0 Å². The molecule has 0 amide bonds. The van der Waals surface area contributed by atoms with Gasteiger partial charge in [0, 0.05) is 13.0 Å². The summed E-state index contributed by atoms with van der Waals surface area (Å²) in [5, 5.41) is 9.20. The highest BCUT2D eigenvalue weighted by molar-refractivity contribution is 5.78. The van der Waals surface area contributed by atoms with Crippen LogP contribution in [0.4, 0.5) is 0 Å². The number of hydrogen-bond acceptors (Lipinski definition) is 2. The lowest BCUT2D eigenvalue weighted by molar-refractivity contribution is 0.286. The Hall–Kier alpha value is -2.13. The van der Waals surface area contributed by atoms with Crippen LogP contribution in [0.25, 0.3) is 11.0 Å². The number of aryl methyl sites for hydroxylation is 3. The number of aliphatic hydroxyl groups is 1. The first-order chi connectivity index (χ1) is 11.1. The second-order valence-corrected chi connectivity index (χ2v) is 6.24. The van der Waals surface area contributed by atoms with Crippen LogP contribution in [0.15, 0.2) is 42.5 Å². The molecule has 0 aliphatic heterocycles. The monoisotopic (exact) mass is 308 g/mol. The molecule has 0 radical (unpaired) electrons. The molecule has 1 N–H and O–H groups in total. The SMILES string of the molecule is Cc1cc2nc(CCCO)n(C(C)c3ccccc3)c2cc1C. The molecule has 3 nitrogen and oxygen atoms in total. The molecule has 0 aliphatic carbocycles. The number of imidazole rings is 1. The number of fused-ring (bicyclic) bond motifs is 1. The summed E-state index contributed by atoms with van der Waals surface area (Å²) in [5.74, 6) is 1.05. The van der Waals surface area contributed by atoms with Crippen LogP contribution in [0.1, 0.15) is 41.9 Å². The van der Waals surface area contributed by atoms with E-state index in [0.717, 1.165) is 24.2 Å². The molecule has 23 heavy (non-hydrogen) atoms. The van der Waals surface area contributed by atoms with E-state index in [1.807, 2.05) is 6.07 Å². The van der Waals surface area contributed by atoms with Crippen molar-refractivity contribution in [3.63, 3.8) is 0 Å². The summed E-state index contributed by atoms with van der Waals surface area (Å²) < 4.78 is 2.33. The summed E-state index contributed by atoms with van der Waals surface area (Å²) in [6, 6.07) is 15.1. The quantitative estimate of drug-likeness (QED) is 0.767. The van der Waals surface area contributed by atoms with Crippen molar-refractivity contribution < 1.29 is 5.11 Å². The van der Waals surface area contributed by atoms with Crippen LogP contribution < -0.4 is 0 Å².